The van der Waals surface area contributed by atoms with E-state index in [1.54, 1.807) is 6.33 Å². The van der Waals surface area contributed by atoms with E-state index >= 15 is 0 Å². The van der Waals surface area contributed by atoms with Crippen molar-refractivity contribution in [2.24, 2.45) is 5.41 Å². The summed E-state index contributed by atoms with van der Waals surface area (Å²) in [5, 5.41) is 4.44. The lowest BCUT2D eigenvalue weighted by Gasteiger charge is -2.20. The van der Waals surface area contributed by atoms with Gasteiger partial charge in [-0.3, -0.25) is 4.98 Å². The number of hydrogen-bond acceptors (Lipinski definition) is 3. The number of aryl methyl sites for hydroxylation is 2. The van der Waals surface area contributed by atoms with E-state index in [4.69, 9.17) is 0 Å². The van der Waals surface area contributed by atoms with Gasteiger partial charge in [-0.05, 0) is 42.5 Å². The molecule has 0 saturated carbocycles. The van der Waals surface area contributed by atoms with Crippen LogP contribution in [0.3, 0.4) is 0 Å². The Hall–Kier alpha value is -2.49. The Morgan fingerprint density at radius 1 is 0.958 bits per heavy atom. The summed E-state index contributed by atoms with van der Waals surface area (Å²) in [5.74, 6) is 0.871. The molecule has 2 aromatic heterocycles. The first-order valence-electron chi connectivity index (χ1n) is 8.26. The molecule has 0 aliphatic rings. The second-order valence-corrected chi connectivity index (χ2v) is 7.47. The maximum atomic E-state index is 4.68. The van der Waals surface area contributed by atoms with E-state index < -0.39 is 0 Å². The van der Waals surface area contributed by atoms with Crippen LogP contribution in [0.15, 0.2) is 42.9 Å². The van der Waals surface area contributed by atoms with Gasteiger partial charge < -0.3 is 0 Å². The van der Waals surface area contributed by atoms with Crippen LogP contribution < -0.4 is 0 Å². The van der Waals surface area contributed by atoms with Crippen molar-refractivity contribution in [2.45, 2.75) is 41.2 Å². The second-order valence-electron chi connectivity index (χ2n) is 7.47. The summed E-state index contributed by atoms with van der Waals surface area (Å²) in [6, 6.07) is 10.4. The van der Waals surface area contributed by atoms with Gasteiger partial charge >= 0.3 is 0 Å². The minimum absolute atomic E-state index is 0.128. The number of benzene rings is 1. The zero-order valence-electron chi connectivity index (χ0n) is 15.0. The number of rotatable bonds is 3. The van der Waals surface area contributed by atoms with Crippen LogP contribution in [-0.2, 0) is 6.54 Å². The van der Waals surface area contributed by atoms with Gasteiger partial charge in [-0.2, -0.15) is 5.10 Å². The summed E-state index contributed by atoms with van der Waals surface area (Å²) in [4.78, 5) is 9.21. The molecule has 1 aromatic carbocycles. The minimum Gasteiger partial charge on any atom is -0.255 e. The predicted molar refractivity (Wildman–Crippen MR) is 97.6 cm³/mol. The largest absolute Gasteiger partial charge is 0.255 e. The fraction of sp³-hybridized carbons (Fsp3) is 0.350. The molecule has 24 heavy (non-hydrogen) atoms. The van der Waals surface area contributed by atoms with E-state index in [9.17, 15) is 0 Å². The van der Waals surface area contributed by atoms with Crippen molar-refractivity contribution in [3.63, 3.8) is 0 Å². The smallest absolute Gasteiger partial charge is 0.160 e. The number of pyridine rings is 1. The van der Waals surface area contributed by atoms with Crippen LogP contribution >= 0.6 is 0 Å². The Balaban J connectivity index is 2.17. The summed E-state index contributed by atoms with van der Waals surface area (Å²) in [6.07, 6.45) is 3.47. The first kappa shape index (κ1) is 16.4. The zero-order valence-corrected chi connectivity index (χ0v) is 15.0. The van der Waals surface area contributed by atoms with Crippen LogP contribution in [0, 0.1) is 19.3 Å². The van der Waals surface area contributed by atoms with E-state index in [0.717, 1.165) is 23.6 Å². The van der Waals surface area contributed by atoms with E-state index in [2.05, 4.69) is 74.0 Å². The van der Waals surface area contributed by atoms with Gasteiger partial charge in [0.25, 0.3) is 0 Å². The average molecular weight is 320 g/mol. The highest BCUT2D eigenvalue weighted by atomic mass is 15.3. The zero-order chi connectivity index (χ0) is 17.3. The lowest BCUT2D eigenvalue weighted by Crippen LogP contribution is -2.17. The lowest BCUT2D eigenvalue weighted by atomic mass is 9.95. The SMILES string of the molecule is Cc1cccc(C)c1-c1ncccc1-c1ncnn1CC(C)(C)C. The molecule has 3 aromatic rings. The molecule has 0 aliphatic carbocycles. The summed E-state index contributed by atoms with van der Waals surface area (Å²) >= 11 is 0. The highest BCUT2D eigenvalue weighted by Crippen LogP contribution is 2.33. The Morgan fingerprint density at radius 3 is 2.33 bits per heavy atom. The third kappa shape index (κ3) is 3.23. The monoisotopic (exact) mass is 320 g/mol. The van der Waals surface area contributed by atoms with Crippen molar-refractivity contribution >= 4 is 0 Å². The normalized spacial score (nSPS) is 11.7. The van der Waals surface area contributed by atoms with E-state index in [1.807, 2.05) is 16.9 Å². The van der Waals surface area contributed by atoms with Crippen molar-refractivity contribution in [2.75, 3.05) is 0 Å². The first-order chi connectivity index (χ1) is 11.4. The average Bonchev–Trinajstić information content (AvgIpc) is 2.93. The molecule has 0 amide bonds. The molecule has 3 rings (SSSR count). The third-order valence-electron chi connectivity index (χ3n) is 4.01. The van der Waals surface area contributed by atoms with Gasteiger partial charge in [0.2, 0.25) is 0 Å². The quantitative estimate of drug-likeness (QED) is 0.704. The second kappa shape index (κ2) is 6.19. The Bertz CT molecular complexity index is 836. The molecule has 124 valence electrons. The molecule has 0 unspecified atom stereocenters. The fourth-order valence-corrected chi connectivity index (χ4v) is 3.01. The molecule has 0 saturated heterocycles. The van der Waals surface area contributed by atoms with Crippen LogP contribution in [0.1, 0.15) is 31.9 Å². The molecule has 0 atom stereocenters. The molecule has 0 fully saturated rings. The third-order valence-corrected chi connectivity index (χ3v) is 4.01. The van der Waals surface area contributed by atoms with Crippen molar-refractivity contribution < 1.29 is 0 Å². The molecule has 0 aliphatic heterocycles. The fourth-order valence-electron chi connectivity index (χ4n) is 3.01. The van der Waals surface area contributed by atoms with Gasteiger partial charge in [0.05, 0.1) is 5.69 Å². The number of nitrogens with zero attached hydrogens (tertiary/aromatic N) is 4. The van der Waals surface area contributed by atoms with Crippen molar-refractivity contribution in [1.29, 1.82) is 0 Å². The molecule has 2 heterocycles. The molecule has 4 heteroatoms. The highest BCUT2D eigenvalue weighted by molar-refractivity contribution is 5.80. The van der Waals surface area contributed by atoms with Crippen LogP contribution in [-0.4, -0.2) is 19.7 Å². The first-order valence-corrected chi connectivity index (χ1v) is 8.26. The van der Waals surface area contributed by atoms with Crippen molar-refractivity contribution in [3.8, 4) is 22.6 Å². The van der Waals surface area contributed by atoms with Gasteiger partial charge in [0.15, 0.2) is 5.82 Å². The van der Waals surface area contributed by atoms with Crippen LogP contribution in [0.5, 0.6) is 0 Å². The summed E-state index contributed by atoms with van der Waals surface area (Å²) in [7, 11) is 0. The predicted octanol–water partition coefficient (Wildman–Crippen LogP) is 4.67. The summed E-state index contributed by atoms with van der Waals surface area (Å²) < 4.78 is 1.98. The molecule has 0 spiro atoms. The molecule has 0 radical (unpaired) electrons. The molecule has 0 bridgehead atoms. The molecule has 4 nitrogen and oxygen atoms in total. The van der Waals surface area contributed by atoms with Crippen molar-refractivity contribution in [1.82, 2.24) is 19.7 Å². The van der Waals surface area contributed by atoms with Gasteiger partial charge in [0, 0.05) is 23.9 Å². The highest BCUT2D eigenvalue weighted by Gasteiger charge is 2.20. The van der Waals surface area contributed by atoms with Crippen LogP contribution in [0.4, 0.5) is 0 Å². The number of aromatic nitrogens is 4. The van der Waals surface area contributed by atoms with Gasteiger partial charge in [-0.15, -0.1) is 0 Å². The minimum atomic E-state index is 0.128. The Morgan fingerprint density at radius 2 is 1.67 bits per heavy atom. The summed E-state index contributed by atoms with van der Waals surface area (Å²) in [6.45, 7) is 11.7. The summed E-state index contributed by atoms with van der Waals surface area (Å²) in [5.41, 5.74) is 5.74. The maximum Gasteiger partial charge on any atom is 0.160 e. The van der Waals surface area contributed by atoms with Crippen molar-refractivity contribution in [3.05, 3.63) is 54.0 Å². The molecular formula is C20H24N4. The number of hydrogen-bond donors (Lipinski definition) is 0. The molecule has 0 N–H and O–H groups in total. The van der Waals surface area contributed by atoms with E-state index in [-0.39, 0.29) is 5.41 Å². The Kier molecular flexibility index (Phi) is 4.22. The lowest BCUT2D eigenvalue weighted by molar-refractivity contribution is 0.327. The van der Waals surface area contributed by atoms with Gasteiger partial charge in [-0.25, -0.2) is 9.67 Å². The van der Waals surface area contributed by atoms with Gasteiger partial charge in [0.1, 0.15) is 6.33 Å². The molecular weight excluding hydrogens is 296 g/mol. The Labute approximate surface area is 143 Å². The maximum absolute atomic E-state index is 4.68. The van der Waals surface area contributed by atoms with E-state index in [1.165, 1.54) is 16.7 Å². The topological polar surface area (TPSA) is 43.6 Å². The van der Waals surface area contributed by atoms with E-state index in [0.29, 0.717) is 0 Å². The van der Waals surface area contributed by atoms with Crippen LogP contribution in [0.2, 0.25) is 0 Å². The standard InChI is InChI=1S/C20H24N4/c1-14-8-6-9-15(2)17(14)18-16(10-7-11-21-18)19-22-13-23-24(19)12-20(3,4)5/h6-11,13H,12H2,1-5H3. The van der Waals surface area contributed by atoms with Gasteiger partial charge in [-0.1, -0.05) is 39.0 Å². The van der Waals surface area contributed by atoms with Crippen LogP contribution in [0.25, 0.3) is 22.6 Å².